The molecule has 1 aromatic carbocycles. The first-order valence-electron chi connectivity index (χ1n) is 6.09. The van der Waals surface area contributed by atoms with Crippen molar-refractivity contribution < 1.29 is 26.3 Å². The monoisotopic (exact) mass is 410 g/mol. The minimum Gasteiger partial charge on any atom is -0.404 e. The number of nitrogens with zero attached hydrogens (tertiary/aromatic N) is 1. The molecule has 124 valence electrons. The minimum atomic E-state index is -5.02. The van der Waals surface area contributed by atoms with Gasteiger partial charge in [0.2, 0.25) is 0 Å². The third-order valence-electron chi connectivity index (χ3n) is 2.55. The molecule has 2 aromatic rings. The molecule has 0 bridgehead atoms. The molecule has 23 heavy (non-hydrogen) atoms. The van der Waals surface area contributed by atoms with Crippen LogP contribution in [0.4, 0.5) is 19.0 Å². The number of ether oxygens (including phenoxy) is 1. The fourth-order valence-corrected chi connectivity index (χ4v) is 3.15. The zero-order valence-electron chi connectivity index (χ0n) is 11.6. The van der Waals surface area contributed by atoms with Crippen molar-refractivity contribution in [2.24, 2.45) is 0 Å². The van der Waals surface area contributed by atoms with Gasteiger partial charge in [0.1, 0.15) is 10.7 Å². The van der Waals surface area contributed by atoms with Crippen molar-refractivity contribution in [3.8, 4) is 5.75 Å². The van der Waals surface area contributed by atoms with Gasteiger partial charge in [0.25, 0.3) is 10.0 Å². The van der Waals surface area contributed by atoms with E-state index in [1.807, 2.05) is 0 Å². The van der Waals surface area contributed by atoms with Gasteiger partial charge in [-0.3, -0.25) is 4.72 Å². The van der Waals surface area contributed by atoms with E-state index < -0.39 is 27.0 Å². The molecule has 0 fully saturated rings. The number of aryl methyl sites for hydroxylation is 1. The van der Waals surface area contributed by atoms with Gasteiger partial charge in [-0.1, -0.05) is 22.0 Å². The van der Waals surface area contributed by atoms with Crippen LogP contribution in [0.5, 0.6) is 5.75 Å². The van der Waals surface area contributed by atoms with Crippen LogP contribution in [0.2, 0.25) is 0 Å². The summed E-state index contributed by atoms with van der Waals surface area (Å²) in [6, 6.07) is 7.81. The number of alkyl halides is 3. The van der Waals surface area contributed by atoms with E-state index in [1.165, 1.54) is 12.1 Å². The Morgan fingerprint density at radius 3 is 2.52 bits per heavy atom. The van der Waals surface area contributed by atoms with Crippen LogP contribution >= 0.6 is 15.9 Å². The van der Waals surface area contributed by atoms with Crippen molar-refractivity contribution in [2.75, 3.05) is 4.72 Å². The lowest BCUT2D eigenvalue weighted by Gasteiger charge is -2.14. The second kappa shape index (κ2) is 6.36. The van der Waals surface area contributed by atoms with Crippen LogP contribution in [0.3, 0.4) is 0 Å². The summed E-state index contributed by atoms with van der Waals surface area (Å²) >= 11 is 2.97. The zero-order chi connectivity index (χ0) is 17.3. The number of anilines is 1. The average Bonchev–Trinajstić information content (AvgIpc) is 2.35. The molecule has 0 atom stereocenters. The molecule has 10 heteroatoms. The van der Waals surface area contributed by atoms with E-state index in [4.69, 9.17) is 0 Å². The van der Waals surface area contributed by atoms with Crippen LogP contribution < -0.4 is 9.46 Å². The van der Waals surface area contributed by atoms with Gasteiger partial charge in [-0.15, -0.1) is 13.2 Å². The summed E-state index contributed by atoms with van der Waals surface area (Å²) in [4.78, 5) is 3.29. The highest BCUT2D eigenvalue weighted by atomic mass is 79.9. The number of hydrogen-bond acceptors (Lipinski definition) is 4. The summed E-state index contributed by atoms with van der Waals surface area (Å²) in [5.41, 5.74) is 0.549. The predicted molar refractivity (Wildman–Crippen MR) is 80.6 cm³/mol. The molecule has 0 radical (unpaired) electrons. The quantitative estimate of drug-likeness (QED) is 0.830. The zero-order valence-corrected chi connectivity index (χ0v) is 14.0. The summed E-state index contributed by atoms with van der Waals surface area (Å²) in [7, 11) is -4.31. The summed E-state index contributed by atoms with van der Waals surface area (Å²) in [6.07, 6.45) is -5.02. The molecule has 5 nitrogen and oxygen atoms in total. The third-order valence-corrected chi connectivity index (χ3v) is 4.44. The Bertz CT molecular complexity index is 825. The Labute approximate surface area is 138 Å². The number of benzene rings is 1. The molecule has 0 aliphatic carbocycles. The smallest absolute Gasteiger partial charge is 0.404 e. The van der Waals surface area contributed by atoms with Gasteiger partial charge in [-0.05, 0) is 37.3 Å². The standard InChI is InChI=1S/C13H10BrF3N2O3S/c1-8-3-2-4-12(18-8)19-23(20,21)11-6-5-9(14)7-10(11)22-13(15,16)17/h2-7H,1H3,(H,18,19). The van der Waals surface area contributed by atoms with E-state index in [-0.39, 0.29) is 10.3 Å². The van der Waals surface area contributed by atoms with Gasteiger partial charge in [-0.2, -0.15) is 0 Å². The van der Waals surface area contributed by atoms with E-state index in [0.717, 1.165) is 12.1 Å². The van der Waals surface area contributed by atoms with Gasteiger partial charge in [-0.25, -0.2) is 13.4 Å². The Hall–Kier alpha value is -1.81. The molecule has 0 aliphatic heterocycles. The molecule has 0 amide bonds. The molecule has 0 saturated carbocycles. The van der Waals surface area contributed by atoms with Crippen molar-refractivity contribution in [1.29, 1.82) is 0 Å². The molecular weight excluding hydrogens is 401 g/mol. The van der Waals surface area contributed by atoms with E-state index >= 15 is 0 Å². The first-order valence-corrected chi connectivity index (χ1v) is 8.36. The topological polar surface area (TPSA) is 68.3 Å². The Balaban J connectivity index is 2.43. The van der Waals surface area contributed by atoms with Crippen molar-refractivity contribution >= 4 is 31.8 Å². The molecule has 1 N–H and O–H groups in total. The van der Waals surface area contributed by atoms with Crippen LogP contribution in [-0.4, -0.2) is 19.8 Å². The van der Waals surface area contributed by atoms with Crippen molar-refractivity contribution in [1.82, 2.24) is 4.98 Å². The molecule has 2 rings (SSSR count). The van der Waals surface area contributed by atoms with E-state index in [0.29, 0.717) is 5.69 Å². The van der Waals surface area contributed by atoms with Crippen LogP contribution in [-0.2, 0) is 10.0 Å². The second-order valence-electron chi connectivity index (χ2n) is 4.41. The Morgan fingerprint density at radius 1 is 1.22 bits per heavy atom. The molecule has 0 spiro atoms. The maximum absolute atomic E-state index is 12.5. The molecule has 0 saturated heterocycles. The lowest BCUT2D eigenvalue weighted by molar-refractivity contribution is -0.275. The highest BCUT2D eigenvalue weighted by molar-refractivity contribution is 9.10. The Morgan fingerprint density at radius 2 is 1.91 bits per heavy atom. The van der Waals surface area contributed by atoms with Crippen LogP contribution in [0, 0.1) is 6.92 Å². The molecule has 0 aliphatic rings. The third kappa shape index (κ3) is 4.83. The molecule has 1 heterocycles. The number of sulfonamides is 1. The van der Waals surface area contributed by atoms with Crippen molar-refractivity contribution in [2.45, 2.75) is 18.2 Å². The first kappa shape index (κ1) is 17.5. The minimum absolute atomic E-state index is 0.00845. The van der Waals surface area contributed by atoms with Crippen LogP contribution in [0.25, 0.3) is 0 Å². The van der Waals surface area contributed by atoms with Gasteiger partial charge in [0.15, 0.2) is 5.75 Å². The fourth-order valence-electron chi connectivity index (χ4n) is 1.70. The molecular formula is C13H10BrF3N2O3S. The van der Waals surface area contributed by atoms with Crippen LogP contribution in [0.1, 0.15) is 5.69 Å². The van der Waals surface area contributed by atoms with Gasteiger partial charge in [0, 0.05) is 10.2 Å². The highest BCUT2D eigenvalue weighted by Gasteiger charge is 2.34. The largest absolute Gasteiger partial charge is 0.573 e. The summed E-state index contributed by atoms with van der Waals surface area (Å²) in [5.74, 6) is -0.849. The predicted octanol–water partition coefficient (Wildman–Crippen LogP) is 3.85. The second-order valence-corrected chi connectivity index (χ2v) is 6.98. The van der Waals surface area contributed by atoms with E-state index in [2.05, 4.69) is 30.4 Å². The Kier molecular flexibility index (Phi) is 4.85. The maximum Gasteiger partial charge on any atom is 0.573 e. The van der Waals surface area contributed by atoms with Crippen LogP contribution in [0.15, 0.2) is 45.8 Å². The summed E-state index contributed by atoms with van der Waals surface area (Å²) < 4.78 is 68.2. The highest BCUT2D eigenvalue weighted by Crippen LogP contribution is 2.33. The number of aromatic nitrogens is 1. The number of hydrogen-bond donors (Lipinski definition) is 1. The average molecular weight is 411 g/mol. The lowest BCUT2D eigenvalue weighted by Crippen LogP contribution is -2.21. The van der Waals surface area contributed by atoms with Gasteiger partial charge < -0.3 is 4.74 Å². The van der Waals surface area contributed by atoms with E-state index in [9.17, 15) is 21.6 Å². The number of rotatable bonds is 4. The maximum atomic E-state index is 12.5. The number of pyridine rings is 1. The SMILES string of the molecule is Cc1cccc(NS(=O)(=O)c2ccc(Br)cc2OC(F)(F)F)n1. The summed E-state index contributed by atoms with van der Waals surface area (Å²) in [5, 5.41) is 0. The van der Waals surface area contributed by atoms with Gasteiger partial charge >= 0.3 is 6.36 Å². The molecule has 1 aromatic heterocycles. The molecule has 0 unspecified atom stereocenters. The van der Waals surface area contributed by atoms with Crippen molar-refractivity contribution in [3.05, 3.63) is 46.6 Å². The lowest BCUT2D eigenvalue weighted by atomic mass is 10.3. The summed E-state index contributed by atoms with van der Waals surface area (Å²) in [6.45, 7) is 1.65. The first-order chi connectivity index (χ1) is 10.6. The van der Waals surface area contributed by atoms with Gasteiger partial charge in [0.05, 0.1) is 0 Å². The fraction of sp³-hybridized carbons (Fsp3) is 0.154. The number of halogens is 4. The normalized spacial score (nSPS) is 12.0. The van der Waals surface area contributed by atoms with Crippen molar-refractivity contribution in [3.63, 3.8) is 0 Å². The number of nitrogens with one attached hydrogen (secondary N) is 1. The van der Waals surface area contributed by atoms with E-state index in [1.54, 1.807) is 19.1 Å².